The lowest BCUT2D eigenvalue weighted by Gasteiger charge is -1.87. The standard InChI is InChI=1S/C12H11N3S/c1-10-13-12(15-14-10)16-9-5-8-11-6-3-2-4-7-11/h2-4,6-7H,9H2,1H3,(H,13,14,15). The molecular weight excluding hydrogens is 218 g/mol. The average Bonchev–Trinajstić information content (AvgIpc) is 2.72. The van der Waals surface area contributed by atoms with E-state index in [0.29, 0.717) is 5.75 Å². The van der Waals surface area contributed by atoms with Gasteiger partial charge in [0, 0.05) is 5.56 Å². The lowest BCUT2D eigenvalue weighted by atomic mass is 10.2. The highest BCUT2D eigenvalue weighted by atomic mass is 32.2. The van der Waals surface area contributed by atoms with E-state index in [0.717, 1.165) is 16.5 Å². The summed E-state index contributed by atoms with van der Waals surface area (Å²) in [6, 6.07) is 9.94. The Morgan fingerprint density at radius 1 is 1.31 bits per heavy atom. The van der Waals surface area contributed by atoms with Gasteiger partial charge in [0.25, 0.3) is 0 Å². The van der Waals surface area contributed by atoms with Crippen molar-refractivity contribution in [3.63, 3.8) is 0 Å². The van der Waals surface area contributed by atoms with Crippen molar-refractivity contribution < 1.29 is 0 Å². The molecule has 0 saturated heterocycles. The number of aromatic amines is 1. The van der Waals surface area contributed by atoms with Crippen molar-refractivity contribution in [2.24, 2.45) is 0 Å². The maximum absolute atomic E-state index is 4.18. The van der Waals surface area contributed by atoms with Crippen molar-refractivity contribution >= 4 is 11.8 Å². The first kappa shape index (κ1) is 10.8. The van der Waals surface area contributed by atoms with E-state index in [1.165, 1.54) is 11.8 Å². The van der Waals surface area contributed by atoms with Crippen LogP contribution in [0, 0.1) is 18.8 Å². The quantitative estimate of drug-likeness (QED) is 0.634. The summed E-state index contributed by atoms with van der Waals surface area (Å²) in [6.07, 6.45) is 0. The summed E-state index contributed by atoms with van der Waals surface area (Å²) < 4.78 is 0. The zero-order chi connectivity index (χ0) is 11.2. The van der Waals surface area contributed by atoms with E-state index in [4.69, 9.17) is 0 Å². The molecule has 80 valence electrons. The molecule has 1 heterocycles. The molecular formula is C12H11N3S. The molecule has 0 spiro atoms. The molecule has 0 amide bonds. The molecule has 0 radical (unpaired) electrons. The number of aryl methyl sites for hydroxylation is 1. The summed E-state index contributed by atoms with van der Waals surface area (Å²) in [7, 11) is 0. The third-order valence-electron chi connectivity index (χ3n) is 1.86. The van der Waals surface area contributed by atoms with Crippen molar-refractivity contribution in [3.05, 3.63) is 41.7 Å². The van der Waals surface area contributed by atoms with Crippen LogP contribution in [0.3, 0.4) is 0 Å². The van der Waals surface area contributed by atoms with E-state index < -0.39 is 0 Å². The number of nitrogens with zero attached hydrogens (tertiary/aromatic N) is 2. The van der Waals surface area contributed by atoms with Gasteiger partial charge in [-0.15, -0.1) is 5.10 Å². The van der Waals surface area contributed by atoms with E-state index in [1.54, 1.807) is 0 Å². The molecule has 0 aliphatic heterocycles. The first-order valence-electron chi connectivity index (χ1n) is 4.90. The smallest absolute Gasteiger partial charge is 0.209 e. The van der Waals surface area contributed by atoms with Crippen LogP contribution in [0.25, 0.3) is 0 Å². The number of aromatic nitrogens is 3. The van der Waals surface area contributed by atoms with Crippen molar-refractivity contribution in [1.29, 1.82) is 0 Å². The van der Waals surface area contributed by atoms with Crippen LogP contribution in [0.15, 0.2) is 35.5 Å². The van der Waals surface area contributed by atoms with Crippen molar-refractivity contribution in [1.82, 2.24) is 15.2 Å². The minimum absolute atomic E-state index is 0.701. The molecule has 0 unspecified atom stereocenters. The topological polar surface area (TPSA) is 41.6 Å². The fourth-order valence-corrected chi connectivity index (χ4v) is 1.73. The molecule has 2 aromatic rings. The summed E-state index contributed by atoms with van der Waals surface area (Å²) in [6.45, 7) is 1.88. The second kappa shape index (κ2) is 5.38. The van der Waals surface area contributed by atoms with Crippen LogP contribution in [0.4, 0.5) is 0 Å². The fourth-order valence-electron chi connectivity index (χ4n) is 1.15. The van der Waals surface area contributed by atoms with Crippen molar-refractivity contribution in [3.8, 4) is 11.8 Å². The maximum Gasteiger partial charge on any atom is 0.209 e. The Kier molecular flexibility index (Phi) is 3.62. The predicted molar refractivity (Wildman–Crippen MR) is 65.2 cm³/mol. The second-order valence-corrected chi connectivity index (χ2v) is 4.10. The minimum atomic E-state index is 0.701. The van der Waals surface area contributed by atoms with Crippen molar-refractivity contribution in [2.45, 2.75) is 12.1 Å². The first-order chi connectivity index (χ1) is 7.84. The van der Waals surface area contributed by atoms with Crippen LogP contribution in [-0.2, 0) is 0 Å². The summed E-state index contributed by atoms with van der Waals surface area (Å²) in [4.78, 5) is 4.18. The van der Waals surface area contributed by atoms with Gasteiger partial charge in [0.05, 0.1) is 5.75 Å². The number of hydrogen-bond acceptors (Lipinski definition) is 3. The predicted octanol–water partition coefficient (Wildman–Crippen LogP) is 2.26. The van der Waals surface area contributed by atoms with Gasteiger partial charge in [-0.25, -0.2) is 4.98 Å². The fraction of sp³-hybridized carbons (Fsp3) is 0.167. The molecule has 0 fully saturated rings. The number of rotatable bonds is 2. The Hall–Kier alpha value is -1.73. The van der Waals surface area contributed by atoms with Gasteiger partial charge in [0.2, 0.25) is 5.16 Å². The van der Waals surface area contributed by atoms with Crippen LogP contribution in [0.2, 0.25) is 0 Å². The molecule has 0 atom stereocenters. The van der Waals surface area contributed by atoms with Gasteiger partial charge in [-0.1, -0.05) is 41.8 Å². The molecule has 16 heavy (non-hydrogen) atoms. The number of hydrogen-bond donors (Lipinski definition) is 1. The highest BCUT2D eigenvalue weighted by Gasteiger charge is 1.97. The zero-order valence-electron chi connectivity index (χ0n) is 8.90. The molecule has 1 aromatic heterocycles. The van der Waals surface area contributed by atoms with E-state index in [1.807, 2.05) is 37.3 Å². The van der Waals surface area contributed by atoms with Gasteiger partial charge < -0.3 is 0 Å². The monoisotopic (exact) mass is 229 g/mol. The number of nitrogens with one attached hydrogen (secondary N) is 1. The van der Waals surface area contributed by atoms with Gasteiger partial charge >= 0.3 is 0 Å². The molecule has 0 saturated carbocycles. The van der Waals surface area contributed by atoms with Gasteiger partial charge in [-0.3, -0.25) is 5.10 Å². The third kappa shape index (κ3) is 3.14. The molecule has 1 N–H and O–H groups in total. The van der Waals surface area contributed by atoms with Gasteiger partial charge in [-0.2, -0.15) is 0 Å². The highest BCUT2D eigenvalue weighted by Crippen LogP contribution is 2.10. The SMILES string of the molecule is Cc1nc(SCC#Cc2ccccc2)n[nH]1. The number of thioether (sulfide) groups is 1. The van der Waals surface area contributed by atoms with E-state index in [-0.39, 0.29) is 0 Å². The lowest BCUT2D eigenvalue weighted by molar-refractivity contribution is 0.971. The molecule has 0 aliphatic carbocycles. The maximum atomic E-state index is 4.18. The molecule has 3 nitrogen and oxygen atoms in total. The number of benzene rings is 1. The Morgan fingerprint density at radius 3 is 2.81 bits per heavy atom. The Labute approximate surface area is 98.7 Å². The Morgan fingerprint density at radius 2 is 2.12 bits per heavy atom. The first-order valence-corrected chi connectivity index (χ1v) is 5.89. The Bertz CT molecular complexity index is 508. The largest absolute Gasteiger partial charge is 0.262 e. The molecule has 2 rings (SSSR count). The minimum Gasteiger partial charge on any atom is -0.262 e. The van der Waals surface area contributed by atoms with Gasteiger partial charge in [0.1, 0.15) is 5.82 Å². The van der Waals surface area contributed by atoms with E-state index >= 15 is 0 Å². The molecule has 1 aromatic carbocycles. The highest BCUT2D eigenvalue weighted by molar-refractivity contribution is 7.99. The average molecular weight is 229 g/mol. The van der Waals surface area contributed by atoms with Crippen molar-refractivity contribution in [2.75, 3.05) is 5.75 Å². The molecule has 0 bridgehead atoms. The summed E-state index contributed by atoms with van der Waals surface area (Å²) in [5, 5.41) is 7.57. The van der Waals surface area contributed by atoms with E-state index in [2.05, 4.69) is 27.0 Å². The van der Waals surface area contributed by atoms with Crippen LogP contribution in [-0.4, -0.2) is 20.9 Å². The van der Waals surface area contributed by atoms with Gasteiger partial charge in [-0.05, 0) is 19.1 Å². The lowest BCUT2D eigenvalue weighted by Crippen LogP contribution is -1.78. The zero-order valence-corrected chi connectivity index (χ0v) is 9.71. The normalized spacial score (nSPS) is 9.56. The summed E-state index contributed by atoms with van der Waals surface area (Å²) in [5.74, 6) is 7.70. The van der Waals surface area contributed by atoms with Crippen LogP contribution in [0.5, 0.6) is 0 Å². The van der Waals surface area contributed by atoms with Crippen LogP contribution in [0.1, 0.15) is 11.4 Å². The third-order valence-corrected chi connectivity index (χ3v) is 2.59. The Balaban J connectivity index is 1.87. The summed E-state index contributed by atoms with van der Waals surface area (Å²) in [5.41, 5.74) is 1.04. The van der Waals surface area contributed by atoms with E-state index in [9.17, 15) is 0 Å². The second-order valence-electron chi connectivity index (χ2n) is 3.16. The molecule has 4 heteroatoms. The van der Waals surface area contributed by atoms with Crippen LogP contribution < -0.4 is 0 Å². The molecule has 0 aliphatic rings. The summed E-state index contributed by atoms with van der Waals surface area (Å²) >= 11 is 1.53. The van der Waals surface area contributed by atoms with Gasteiger partial charge in [0.15, 0.2) is 0 Å². The van der Waals surface area contributed by atoms with Crippen LogP contribution >= 0.6 is 11.8 Å². The number of H-pyrrole nitrogens is 1.